The Morgan fingerprint density at radius 3 is 2.36 bits per heavy atom. The van der Waals surface area contributed by atoms with Crippen molar-refractivity contribution >= 4 is 17.6 Å². The molecule has 0 saturated carbocycles. The van der Waals surface area contributed by atoms with Gasteiger partial charge in [-0.3, -0.25) is 5.41 Å². The van der Waals surface area contributed by atoms with Crippen LogP contribution >= 0.6 is 11.8 Å². The maximum absolute atomic E-state index is 7.01. The lowest BCUT2D eigenvalue weighted by atomic mass is 10.2. The van der Waals surface area contributed by atoms with Crippen molar-refractivity contribution in [3.63, 3.8) is 0 Å². The van der Waals surface area contributed by atoms with Gasteiger partial charge in [-0.25, -0.2) is 0 Å². The molecule has 3 N–H and O–H groups in total. The number of nitrogens with two attached hydrogens (primary N) is 1. The van der Waals surface area contributed by atoms with Gasteiger partial charge < -0.3 is 5.73 Å². The van der Waals surface area contributed by atoms with Crippen molar-refractivity contribution in [3.05, 3.63) is 0 Å². The normalized spacial score (nSPS) is 13.5. The van der Waals surface area contributed by atoms with Crippen molar-refractivity contribution in [1.82, 2.24) is 0 Å². The van der Waals surface area contributed by atoms with Gasteiger partial charge in [0, 0.05) is 17.4 Å². The van der Waals surface area contributed by atoms with Gasteiger partial charge in [-0.15, -0.1) is 0 Å². The monoisotopic (exact) mass is 174 g/mol. The third-order valence-electron chi connectivity index (χ3n) is 1.69. The first-order chi connectivity index (χ1) is 5.04. The minimum atomic E-state index is 0.299. The highest BCUT2D eigenvalue weighted by molar-refractivity contribution is 7.99. The molecule has 0 spiro atoms. The second kappa shape index (κ2) is 5.47. The molecule has 2 nitrogen and oxygen atoms in total. The second-order valence-electron chi connectivity index (χ2n) is 3.10. The van der Waals surface area contributed by atoms with Crippen LogP contribution in [0.3, 0.4) is 0 Å². The third-order valence-corrected chi connectivity index (χ3v) is 3.20. The molecule has 0 rings (SSSR count). The molecule has 3 heteroatoms. The molecule has 0 aliphatic heterocycles. The SMILES string of the molecule is CC(C)C(C)SCCC(=N)N. The van der Waals surface area contributed by atoms with E-state index in [0.717, 1.165) is 12.2 Å². The average molecular weight is 174 g/mol. The van der Waals surface area contributed by atoms with E-state index in [4.69, 9.17) is 11.1 Å². The smallest absolute Gasteiger partial charge is 0.0913 e. The van der Waals surface area contributed by atoms with Crippen LogP contribution in [-0.2, 0) is 0 Å². The molecule has 1 unspecified atom stereocenters. The van der Waals surface area contributed by atoms with Crippen LogP contribution in [-0.4, -0.2) is 16.8 Å². The van der Waals surface area contributed by atoms with E-state index in [9.17, 15) is 0 Å². The van der Waals surface area contributed by atoms with Crippen molar-refractivity contribution in [3.8, 4) is 0 Å². The second-order valence-corrected chi connectivity index (χ2v) is 4.58. The summed E-state index contributed by atoms with van der Waals surface area (Å²) in [6.45, 7) is 6.65. The quantitative estimate of drug-likeness (QED) is 0.495. The van der Waals surface area contributed by atoms with Crippen LogP contribution in [0.15, 0.2) is 0 Å². The van der Waals surface area contributed by atoms with Gasteiger partial charge in [0.25, 0.3) is 0 Å². The van der Waals surface area contributed by atoms with Gasteiger partial charge >= 0.3 is 0 Å². The van der Waals surface area contributed by atoms with Gasteiger partial charge in [0.2, 0.25) is 0 Å². The van der Waals surface area contributed by atoms with Crippen molar-refractivity contribution in [2.75, 3.05) is 5.75 Å². The van der Waals surface area contributed by atoms with Gasteiger partial charge in [-0.1, -0.05) is 20.8 Å². The van der Waals surface area contributed by atoms with E-state index in [0.29, 0.717) is 17.0 Å². The van der Waals surface area contributed by atoms with Gasteiger partial charge in [-0.05, 0) is 5.92 Å². The number of nitrogens with one attached hydrogen (secondary N) is 1. The first kappa shape index (κ1) is 10.8. The summed E-state index contributed by atoms with van der Waals surface area (Å²) >= 11 is 1.89. The minimum absolute atomic E-state index is 0.299. The molecule has 66 valence electrons. The van der Waals surface area contributed by atoms with E-state index >= 15 is 0 Å². The van der Waals surface area contributed by atoms with E-state index in [-0.39, 0.29) is 0 Å². The molecule has 0 saturated heterocycles. The number of thioether (sulfide) groups is 1. The van der Waals surface area contributed by atoms with Crippen molar-refractivity contribution in [2.45, 2.75) is 32.4 Å². The molecule has 0 amide bonds. The largest absolute Gasteiger partial charge is 0.388 e. The van der Waals surface area contributed by atoms with Crippen LogP contribution < -0.4 is 5.73 Å². The predicted molar refractivity (Wildman–Crippen MR) is 53.3 cm³/mol. The summed E-state index contributed by atoms with van der Waals surface area (Å²) in [6, 6.07) is 0. The lowest BCUT2D eigenvalue weighted by Gasteiger charge is -2.13. The number of amidine groups is 1. The Labute approximate surface area is 73.4 Å². The average Bonchev–Trinajstić information content (AvgIpc) is 1.86. The minimum Gasteiger partial charge on any atom is -0.388 e. The fourth-order valence-corrected chi connectivity index (χ4v) is 1.64. The summed E-state index contributed by atoms with van der Waals surface area (Å²) < 4.78 is 0. The third kappa shape index (κ3) is 6.23. The van der Waals surface area contributed by atoms with E-state index in [2.05, 4.69) is 20.8 Å². The number of rotatable bonds is 5. The molecule has 0 aromatic heterocycles. The Balaban J connectivity index is 3.31. The Morgan fingerprint density at radius 2 is 2.00 bits per heavy atom. The summed E-state index contributed by atoms with van der Waals surface area (Å²) in [4.78, 5) is 0. The molecular formula is C8H18N2S. The molecule has 0 aliphatic rings. The van der Waals surface area contributed by atoms with E-state index in [1.54, 1.807) is 0 Å². The van der Waals surface area contributed by atoms with Crippen LogP contribution in [0.4, 0.5) is 0 Å². The highest BCUT2D eigenvalue weighted by Crippen LogP contribution is 2.18. The summed E-state index contributed by atoms with van der Waals surface area (Å²) in [5, 5.41) is 7.69. The zero-order valence-electron chi connectivity index (χ0n) is 7.55. The van der Waals surface area contributed by atoms with E-state index < -0.39 is 0 Å². The Bertz CT molecular complexity index is 123. The maximum Gasteiger partial charge on any atom is 0.0913 e. The Kier molecular flexibility index (Phi) is 5.38. The van der Waals surface area contributed by atoms with Gasteiger partial charge in [0.15, 0.2) is 0 Å². The molecule has 11 heavy (non-hydrogen) atoms. The van der Waals surface area contributed by atoms with Gasteiger partial charge in [0.05, 0.1) is 5.84 Å². The summed E-state index contributed by atoms with van der Waals surface area (Å²) in [6.07, 6.45) is 0.724. The van der Waals surface area contributed by atoms with E-state index in [1.165, 1.54) is 0 Å². The fraction of sp³-hybridized carbons (Fsp3) is 0.875. The van der Waals surface area contributed by atoms with Crippen molar-refractivity contribution < 1.29 is 0 Å². The zero-order chi connectivity index (χ0) is 8.85. The standard InChI is InChI=1S/C8H18N2S/c1-6(2)7(3)11-5-4-8(9)10/h6-7H,4-5H2,1-3H3,(H3,9,10). The molecule has 0 aromatic rings. The summed E-state index contributed by atoms with van der Waals surface area (Å²) in [5.74, 6) is 2.00. The summed E-state index contributed by atoms with van der Waals surface area (Å²) in [7, 11) is 0. The van der Waals surface area contributed by atoms with Crippen LogP contribution in [0.2, 0.25) is 0 Å². The first-order valence-electron chi connectivity index (χ1n) is 3.98. The predicted octanol–water partition coefficient (Wildman–Crippen LogP) is 2.09. The molecule has 0 aromatic carbocycles. The molecular weight excluding hydrogens is 156 g/mol. The maximum atomic E-state index is 7.01. The molecule has 0 heterocycles. The Hall–Kier alpha value is -0.180. The van der Waals surface area contributed by atoms with Gasteiger partial charge in [0.1, 0.15) is 0 Å². The fourth-order valence-electron chi connectivity index (χ4n) is 0.547. The topological polar surface area (TPSA) is 49.9 Å². The molecule has 1 atom stereocenters. The zero-order valence-corrected chi connectivity index (χ0v) is 8.37. The lowest BCUT2D eigenvalue weighted by Crippen LogP contribution is -2.12. The number of hydrogen-bond acceptors (Lipinski definition) is 2. The molecule has 0 radical (unpaired) electrons. The van der Waals surface area contributed by atoms with Crippen molar-refractivity contribution in [2.24, 2.45) is 11.7 Å². The van der Waals surface area contributed by atoms with Crippen LogP contribution in [0.25, 0.3) is 0 Å². The van der Waals surface area contributed by atoms with Crippen molar-refractivity contribution in [1.29, 1.82) is 5.41 Å². The highest BCUT2D eigenvalue weighted by Gasteiger charge is 2.06. The molecule has 0 fully saturated rings. The van der Waals surface area contributed by atoms with Crippen LogP contribution in [0, 0.1) is 11.3 Å². The van der Waals surface area contributed by atoms with Crippen LogP contribution in [0.5, 0.6) is 0 Å². The molecule has 0 bridgehead atoms. The van der Waals surface area contributed by atoms with E-state index in [1.807, 2.05) is 11.8 Å². The summed E-state index contributed by atoms with van der Waals surface area (Å²) in [5.41, 5.74) is 5.22. The number of hydrogen-bond donors (Lipinski definition) is 2. The first-order valence-corrected chi connectivity index (χ1v) is 5.03. The lowest BCUT2D eigenvalue weighted by molar-refractivity contribution is 0.642. The Morgan fingerprint density at radius 1 is 1.45 bits per heavy atom. The highest BCUT2D eigenvalue weighted by atomic mass is 32.2. The van der Waals surface area contributed by atoms with Gasteiger partial charge in [-0.2, -0.15) is 11.8 Å². The molecule has 0 aliphatic carbocycles. The van der Waals surface area contributed by atoms with Crippen LogP contribution in [0.1, 0.15) is 27.2 Å².